The number of benzene rings is 2. The molecule has 0 amide bonds. The van der Waals surface area contributed by atoms with Gasteiger partial charge >= 0.3 is 0 Å². The third-order valence-corrected chi connectivity index (χ3v) is 3.88. The predicted molar refractivity (Wildman–Crippen MR) is 101 cm³/mol. The van der Waals surface area contributed by atoms with Crippen molar-refractivity contribution >= 4 is 11.9 Å². The fraction of sp³-hybridized carbons (Fsp3) is 0.200. The fourth-order valence-electron chi connectivity index (χ4n) is 2.65. The van der Waals surface area contributed by atoms with Gasteiger partial charge in [-0.15, -0.1) is 0 Å². The number of hydrogen-bond acceptors (Lipinski definition) is 5. The molecule has 2 aromatic carbocycles. The Hall–Kier alpha value is -3.28. The summed E-state index contributed by atoms with van der Waals surface area (Å²) >= 11 is 0. The lowest BCUT2D eigenvalue weighted by Gasteiger charge is -2.12. The minimum atomic E-state index is 0.564. The molecule has 26 heavy (non-hydrogen) atoms. The maximum atomic E-state index is 5.37. The van der Waals surface area contributed by atoms with Crippen LogP contribution in [0.2, 0.25) is 0 Å². The van der Waals surface area contributed by atoms with Gasteiger partial charge < -0.3 is 18.8 Å². The molecule has 0 aliphatic heterocycles. The molecule has 0 radical (unpaired) electrons. The fourth-order valence-corrected chi connectivity index (χ4v) is 2.65. The molecule has 0 atom stereocenters. The van der Waals surface area contributed by atoms with Crippen molar-refractivity contribution in [1.29, 1.82) is 0 Å². The first-order valence-corrected chi connectivity index (χ1v) is 8.12. The largest absolute Gasteiger partial charge is 0.493 e. The van der Waals surface area contributed by atoms with Crippen LogP contribution >= 0.6 is 0 Å². The van der Waals surface area contributed by atoms with Gasteiger partial charge in [-0.25, -0.2) is 4.98 Å². The Morgan fingerprint density at radius 2 is 1.81 bits per heavy atom. The Morgan fingerprint density at radius 3 is 2.42 bits per heavy atom. The smallest absolute Gasteiger partial charge is 0.203 e. The maximum absolute atomic E-state index is 5.37. The van der Waals surface area contributed by atoms with Gasteiger partial charge in [-0.3, -0.25) is 4.99 Å². The molecule has 6 heteroatoms. The number of nitrogens with zero attached hydrogens (tertiary/aromatic N) is 3. The van der Waals surface area contributed by atoms with Crippen molar-refractivity contribution in [2.24, 2.45) is 4.99 Å². The van der Waals surface area contributed by atoms with Crippen molar-refractivity contribution in [3.05, 3.63) is 66.2 Å². The van der Waals surface area contributed by atoms with Crippen molar-refractivity contribution in [2.75, 3.05) is 21.3 Å². The van der Waals surface area contributed by atoms with Crippen LogP contribution < -0.4 is 14.2 Å². The molecule has 0 aliphatic carbocycles. The summed E-state index contributed by atoms with van der Waals surface area (Å²) in [6.45, 7) is 0.757. The highest BCUT2D eigenvalue weighted by molar-refractivity contribution is 5.84. The van der Waals surface area contributed by atoms with Crippen molar-refractivity contribution in [1.82, 2.24) is 9.55 Å². The first kappa shape index (κ1) is 17.5. The van der Waals surface area contributed by atoms with E-state index in [0.29, 0.717) is 17.2 Å². The van der Waals surface area contributed by atoms with Crippen molar-refractivity contribution in [3.63, 3.8) is 0 Å². The van der Waals surface area contributed by atoms with E-state index in [-0.39, 0.29) is 0 Å². The molecular weight excluding hydrogens is 330 g/mol. The average molecular weight is 351 g/mol. The van der Waals surface area contributed by atoms with Gasteiger partial charge in [-0.1, -0.05) is 12.1 Å². The third kappa shape index (κ3) is 4.03. The number of imidazole rings is 1. The van der Waals surface area contributed by atoms with Crippen molar-refractivity contribution < 1.29 is 14.2 Å². The highest BCUT2D eigenvalue weighted by Crippen LogP contribution is 2.37. The van der Waals surface area contributed by atoms with E-state index in [1.54, 1.807) is 40.1 Å². The summed E-state index contributed by atoms with van der Waals surface area (Å²) in [6.07, 6.45) is 7.28. The van der Waals surface area contributed by atoms with E-state index in [2.05, 4.69) is 22.1 Å². The standard InChI is InChI=1S/C20H21N3O3/c1-24-18-10-16(11-19(25-2)20(18)26-3)12-22-17-6-4-5-15(9-17)13-23-8-7-21-14-23/h4-12,14H,13H2,1-3H3. The zero-order valence-electron chi connectivity index (χ0n) is 15.0. The Bertz CT molecular complexity index is 864. The SMILES string of the molecule is COc1cc(C=Nc2cccc(Cn3ccnc3)c2)cc(OC)c1OC. The first-order valence-electron chi connectivity index (χ1n) is 8.12. The van der Waals surface area contributed by atoms with Crippen LogP contribution in [0.1, 0.15) is 11.1 Å². The summed E-state index contributed by atoms with van der Waals surface area (Å²) in [7, 11) is 4.77. The first-order chi connectivity index (χ1) is 12.7. The van der Waals surface area contributed by atoms with Gasteiger partial charge in [0.2, 0.25) is 5.75 Å². The number of hydrogen-bond donors (Lipinski definition) is 0. The Balaban J connectivity index is 1.83. The van der Waals surface area contributed by atoms with Crippen LogP contribution in [0, 0.1) is 0 Å². The predicted octanol–water partition coefficient (Wildman–Crippen LogP) is 3.71. The number of methoxy groups -OCH3 is 3. The monoisotopic (exact) mass is 351 g/mol. The second-order valence-electron chi connectivity index (χ2n) is 5.62. The molecule has 0 bridgehead atoms. The lowest BCUT2D eigenvalue weighted by Crippen LogP contribution is -1.97. The van der Waals surface area contributed by atoms with Crippen LogP contribution in [-0.2, 0) is 6.54 Å². The van der Waals surface area contributed by atoms with E-state index in [1.165, 1.54) is 0 Å². The average Bonchev–Trinajstić information content (AvgIpc) is 3.18. The van der Waals surface area contributed by atoms with E-state index in [0.717, 1.165) is 23.4 Å². The molecule has 134 valence electrons. The molecule has 0 saturated heterocycles. The summed E-state index contributed by atoms with van der Waals surface area (Å²) in [5.41, 5.74) is 2.89. The van der Waals surface area contributed by atoms with Crippen LogP contribution in [0.15, 0.2) is 60.1 Å². The second kappa shape index (κ2) is 8.20. The normalized spacial score (nSPS) is 10.9. The summed E-state index contributed by atoms with van der Waals surface area (Å²) in [6, 6.07) is 11.8. The van der Waals surface area contributed by atoms with Gasteiger partial charge in [-0.05, 0) is 29.8 Å². The molecule has 0 spiro atoms. The molecule has 0 unspecified atom stereocenters. The summed E-state index contributed by atoms with van der Waals surface area (Å²) in [5.74, 6) is 1.76. The molecule has 0 aliphatic rings. The van der Waals surface area contributed by atoms with Crippen LogP contribution in [0.5, 0.6) is 17.2 Å². The zero-order valence-corrected chi connectivity index (χ0v) is 15.0. The van der Waals surface area contributed by atoms with Crippen LogP contribution in [0.25, 0.3) is 0 Å². The van der Waals surface area contributed by atoms with Gasteiger partial charge in [0.25, 0.3) is 0 Å². The number of ether oxygens (including phenoxy) is 3. The molecule has 6 nitrogen and oxygen atoms in total. The quantitative estimate of drug-likeness (QED) is 0.609. The summed E-state index contributed by atoms with van der Waals surface area (Å²) in [5, 5.41) is 0. The highest BCUT2D eigenvalue weighted by Gasteiger charge is 2.12. The minimum absolute atomic E-state index is 0.564. The van der Waals surface area contributed by atoms with Crippen molar-refractivity contribution in [2.45, 2.75) is 6.54 Å². The molecule has 0 fully saturated rings. The number of aromatic nitrogens is 2. The van der Waals surface area contributed by atoms with E-state index in [4.69, 9.17) is 14.2 Å². The molecule has 1 heterocycles. The second-order valence-corrected chi connectivity index (χ2v) is 5.62. The van der Waals surface area contributed by atoms with E-state index in [9.17, 15) is 0 Å². The summed E-state index contributed by atoms with van der Waals surface area (Å²) < 4.78 is 18.1. The van der Waals surface area contributed by atoms with Gasteiger partial charge in [0.15, 0.2) is 11.5 Å². The van der Waals surface area contributed by atoms with Crippen LogP contribution in [-0.4, -0.2) is 37.1 Å². The van der Waals surface area contributed by atoms with E-state index >= 15 is 0 Å². The van der Waals surface area contributed by atoms with Gasteiger partial charge in [0.05, 0.1) is 33.3 Å². The van der Waals surface area contributed by atoms with Gasteiger partial charge in [-0.2, -0.15) is 0 Å². The molecule has 0 saturated carbocycles. The topological polar surface area (TPSA) is 57.9 Å². The van der Waals surface area contributed by atoms with Crippen LogP contribution in [0.3, 0.4) is 0 Å². The van der Waals surface area contributed by atoms with Crippen LogP contribution in [0.4, 0.5) is 5.69 Å². The highest BCUT2D eigenvalue weighted by atomic mass is 16.5. The number of rotatable bonds is 7. The molecule has 3 rings (SSSR count). The Labute approximate surface area is 152 Å². The number of aliphatic imine (C=N–C) groups is 1. The molecule has 0 N–H and O–H groups in total. The van der Waals surface area contributed by atoms with Gasteiger partial charge in [0, 0.05) is 30.7 Å². The van der Waals surface area contributed by atoms with Gasteiger partial charge in [0.1, 0.15) is 0 Å². The Kier molecular flexibility index (Phi) is 5.53. The maximum Gasteiger partial charge on any atom is 0.203 e. The molecular formula is C20H21N3O3. The molecule has 3 aromatic rings. The molecule has 1 aromatic heterocycles. The van der Waals surface area contributed by atoms with Crippen molar-refractivity contribution in [3.8, 4) is 17.2 Å². The summed E-state index contributed by atoms with van der Waals surface area (Å²) in [4.78, 5) is 8.63. The lowest BCUT2D eigenvalue weighted by atomic mass is 10.2. The zero-order chi connectivity index (χ0) is 18.4. The third-order valence-electron chi connectivity index (χ3n) is 3.88. The minimum Gasteiger partial charge on any atom is -0.493 e. The Morgan fingerprint density at radius 1 is 1.04 bits per heavy atom. The van der Waals surface area contributed by atoms with E-state index in [1.807, 2.05) is 35.0 Å². The van der Waals surface area contributed by atoms with E-state index < -0.39 is 0 Å². The lowest BCUT2D eigenvalue weighted by molar-refractivity contribution is 0.324.